The number of carbonyl (C=O) groups excluding carboxylic acids is 1. The zero-order valence-corrected chi connectivity index (χ0v) is 11.0. The number of carbonyl (C=O) groups is 1. The molecule has 7 heteroatoms. The number of amides is 1. The van der Waals surface area contributed by atoms with E-state index in [9.17, 15) is 24.4 Å². The highest BCUT2D eigenvalue weighted by atomic mass is 19.1. The SMILES string of the molecule is Cc1ccc(C(=O)Nc2c(O)cccc2[N+](=O)[O-])cc1F. The molecule has 0 radical (unpaired) electrons. The number of nitro groups is 1. The molecule has 108 valence electrons. The number of hydrogen-bond donors (Lipinski definition) is 2. The molecule has 0 atom stereocenters. The number of phenols is 1. The van der Waals surface area contributed by atoms with Crippen LogP contribution in [0, 0.1) is 22.9 Å². The lowest BCUT2D eigenvalue weighted by atomic mass is 10.1. The highest BCUT2D eigenvalue weighted by Gasteiger charge is 2.20. The number of benzene rings is 2. The van der Waals surface area contributed by atoms with Gasteiger partial charge in [-0.2, -0.15) is 0 Å². The molecule has 0 bridgehead atoms. The molecule has 0 aromatic heterocycles. The largest absolute Gasteiger partial charge is 0.505 e. The molecule has 2 rings (SSSR count). The predicted octanol–water partition coefficient (Wildman–Crippen LogP) is 3.00. The fourth-order valence-corrected chi connectivity index (χ4v) is 1.73. The fraction of sp³-hybridized carbons (Fsp3) is 0.0714. The number of rotatable bonds is 3. The number of nitro benzene ring substituents is 1. The summed E-state index contributed by atoms with van der Waals surface area (Å²) in [5.41, 5.74) is -0.403. The lowest BCUT2D eigenvalue weighted by molar-refractivity contribution is -0.384. The Morgan fingerprint density at radius 1 is 1.33 bits per heavy atom. The molecule has 0 unspecified atom stereocenters. The maximum atomic E-state index is 13.4. The molecule has 0 spiro atoms. The van der Waals surface area contributed by atoms with Gasteiger partial charge in [-0.1, -0.05) is 12.1 Å². The third-order valence-electron chi connectivity index (χ3n) is 2.89. The summed E-state index contributed by atoms with van der Waals surface area (Å²) in [6.07, 6.45) is 0. The number of nitrogens with one attached hydrogen (secondary N) is 1. The molecule has 1 amide bonds. The minimum atomic E-state index is -0.751. The summed E-state index contributed by atoms with van der Waals surface area (Å²) >= 11 is 0. The van der Waals surface area contributed by atoms with Gasteiger partial charge in [-0.25, -0.2) is 4.39 Å². The maximum absolute atomic E-state index is 13.4. The van der Waals surface area contributed by atoms with Crippen LogP contribution >= 0.6 is 0 Å². The summed E-state index contributed by atoms with van der Waals surface area (Å²) in [6, 6.07) is 7.47. The number of halogens is 1. The summed E-state index contributed by atoms with van der Waals surface area (Å²) in [5, 5.41) is 22.7. The van der Waals surface area contributed by atoms with Crippen LogP contribution in [0.25, 0.3) is 0 Å². The van der Waals surface area contributed by atoms with Crippen molar-refractivity contribution in [2.45, 2.75) is 6.92 Å². The second kappa shape index (κ2) is 5.58. The molecule has 6 nitrogen and oxygen atoms in total. The number of phenolic OH excluding ortho intramolecular Hbond substituents is 1. The standard InChI is InChI=1S/C14H11FN2O4/c1-8-5-6-9(7-10(8)15)14(19)16-13-11(17(20)21)3-2-4-12(13)18/h2-7,18H,1H3,(H,16,19). The van der Waals surface area contributed by atoms with Gasteiger partial charge >= 0.3 is 0 Å². The van der Waals surface area contributed by atoms with Crippen LogP contribution < -0.4 is 5.32 Å². The molecular formula is C14H11FN2O4. The van der Waals surface area contributed by atoms with Crippen LogP contribution in [0.2, 0.25) is 0 Å². The Hall–Kier alpha value is -2.96. The molecular weight excluding hydrogens is 279 g/mol. The van der Waals surface area contributed by atoms with E-state index in [1.54, 1.807) is 6.92 Å². The van der Waals surface area contributed by atoms with Crippen LogP contribution in [-0.4, -0.2) is 15.9 Å². The highest BCUT2D eigenvalue weighted by Crippen LogP contribution is 2.33. The number of para-hydroxylation sites is 1. The molecule has 0 saturated heterocycles. The zero-order valence-electron chi connectivity index (χ0n) is 11.0. The number of hydrogen-bond acceptors (Lipinski definition) is 4. The number of aryl methyl sites for hydroxylation is 1. The van der Waals surface area contributed by atoms with Gasteiger partial charge in [0.05, 0.1) is 4.92 Å². The quantitative estimate of drug-likeness (QED) is 0.516. The van der Waals surface area contributed by atoms with E-state index in [-0.39, 0.29) is 11.3 Å². The van der Waals surface area contributed by atoms with Crippen molar-refractivity contribution in [2.24, 2.45) is 0 Å². The number of nitrogens with zero attached hydrogens (tertiary/aromatic N) is 1. The van der Waals surface area contributed by atoms with Crippen molar-refractivity contribution >= 4 is 17.3 Å². The Balaban J connectivity index is 2.36. The fourth-order valence-electron chi connectivity index (χ4n) is 1.73. The van der Waals surface area contributed by atoms with Gasteiger partial charge in [0.2, 0.25) is 0 Å². The third-order valence-corrected chi connectivity index (χ3v) is 2.89. The predicted molar refractivity (Wildman–Crippen MR) is 73.9 cm³/mol. The van der Waals surface area contributed by atoms with Gasteiger partial charge in [0.1, 0.15) is 11.6 Å². The van der Waals surface area contributed by atoms with E-state index < -0.39 is 28.1 Å². The van der Waals surface area contributed by atoms with E-state index in [0.29, 0.717) is 5.56 Å². The molecule has 0 fully saturated rings. The first-order valence-electron chi connectivity index (χ1n) is 5.94. The van der Waals surface area contributed by atoms with Crippen LogP contribution in [0.4, 0.5) is 15.8 Å². The third kappa shape index (κ3) is 2.97. The van der Waals surface area contributed by atoms with E-state index in [0.717, 1.165) is 12.1 Å². The van der Waals surface area contributed by atoms with Gasteiger partial charge in [0, 0.05) is 11.6 Å². The first-order chi connectivity index (χ1) is 9.90. The highest BCUT2D eigenvalue weighted by molar-refractivity contribution is 6.06. The minimum Gasteiger partial charge on any atom is -0.505 e. The topological polar surface area (TPSA) is 92.5 Å². The van der Waals surface area contributed by atoms with Crippen molar-refractivity contribution in [1.29, 1.82) is 0 Å². The molecule has 0 aliphatic rings. The summed E-state index contributed by atoms with van der Waals surface area (Å²) < 4.78 is 13.4. The molecule has 21 heavy (non-hydrogen) atoms. The molecule has 0 aliphatic heterocycles. The van der Waals surface area contributed by atoms with E-state index in [1.165, 1.54) is 24.3 Å². The van der Waals surface area contributed by atoms with Crippen molar-refractivity contribution < 1.29 is 19.2 Å². The summed E-state index contributed by atoms with van der Waals surface area (Å²) in [7, 11) is 0. The smallest absolute Gasteiger partial charge is 0.296 e. The summed E-state index contributed by atoms with van der Waals surface area (Å²) in [4.78, 5) is 22.1. The lowest BCUT2D eigenvalue weighted by Crippen LogP contribution is -2.13. The van der Waals surface area contributed by atoms with E-state index in [2.05, 4.69) is 5.32 Å². The maximum Gasteiger partial charge on any atom is 0.296 e. The minimum absolute atomic E-state index is 0.00403. The van der Waals surface area contributed by atoms with Gasteiger partial charge < -0.3 is 10.4 Å². The molecule has 0 aliphatic carbocycles. The molecule has 2 aromatic rings. The monoisotopic (exact) mass is 290 g/mol. The molecule has 0 saturated carbocycles. The zero-order chi connectivity index (χ0) is 15.6. The van der Waals surface area contributed by atoms with E-state index in [4.69, 9.17) is 0 Å². The Morgan fingerprint density at radius 3 is 2.67 bits per heavy atom. The molecule has 2 aromatic carbocycles. The van der Waals surface area contributed by atoms with Crippen LogP contribution in [0.3, 0.4) is 0 Å². The average molecular weight is 290 g/mol. The second-order valence-electron chi connectivity index (χ2n) is 4.35. The van der Waals surface area contributed by atoms with Crippen molar-refractivity contribution in [3.05, 3.63) is 63.5 Å². The van der Waals surface area contributed by atoms with Crippen LogP contribution in [-0.2, 0) is 0 Å². The van der Waals surface area contributed by atoms with Crippen molar-refractivity contribution in [3.8, 4) is 5.75 Å². The van der Waals surface area contributed by atoms with Crippen molar-refractivity contribution in [3.63, 3.8) is 0 Å². The normalized spacial score (nSPS) is 10.2. The van der Waals surface area contributed by atoms with Crippen molar-refractivity contribution in [1.82, 2.24) is 0 Å². The van der Waals surface area contributed by atoms with Crippen LogP contribution in [0.15, 0.2) is 36.4 Å². The second-order valence-corrected chi connectivity index (χ2v) is 4.35. The van der Waals surface area contributed by atoms with E-state index in [1.807, 2.05) is 0 Å². The van der Waals surface area contributed by atoms with Crippen molar-refractivity contribution in [2.75, 3.05) is 5.32 Å². The average Bonchev–Trinajstić information content (AvgIpc) is 2.43. The first-order valence-corrected chi connectivity index (χ1v) is 5.94. The van der Waals surface area contributed by atoms with Gasteiger partial charge in [0.15, 0.2) is 5.69 Å². The lowest BCUT2D eigenvalue weighted by Gasteiger charge is -2.08. The van der Waals surface area contributed by atoms with Gasteiger partial charge in [-0.05, 0) is 30.7 Å². The Bertz CT molecular complexity index is 731. The first kappa shape index (κ1) is 14.4. The number of aromatic hydroxyl groups is 1. The Morgan fingerprint density at radius 2 is 2.05 bits per heavy atom. The number of anilines is 1. The molecule has 0 heterocycles. The molecule has 2 N–H and O–H groups in total. The van der Waals surface area contributed by atoms with Gasteiger partial charge in [-0.15, -0.1) is 0 Å². The Kier molecular flexibility index (Phi) is 3.84. The van der Waals surface area contributed by atoms with Crippen LogP contribution in [0.5, 0.6) is 5.75 Å². The summed E-state index contributed by atoms with van der Waals surface area (Å²) in [6.45, 7) is 1.55. The van der Waals surface area contributed by atoms with E-state index >= 15 is 0 Å². The van der Waals surface area contributed by atoms with Gasteiger partial charge in [0.25, 0.3) is 11.6 Å². The van der Waals surface area contributed by atoms with Gasteiger partial charge in [-0.3, -0.25) is 14.9 Å². The Labute approximate surface area is 119 Å². The van der Waals surface area contributed by atoms with Crippen LogP contribution in [0.1, 0.15) is 15.9 Å². The summed E-state index contributed by atoms with van der Waals surface area (Å²) in [5.74, 6) is -1.75.